The first-order valence-electron chi connectivity index (χ1n) is 11.5. The summed E-state index contributed by atoms with van der Waals surface area (Å²) in [4.78, 5) is 38.5. The third kappa shape index (κ3) is 5.04. The van der Waals surface area contributed by atoms with Gasteiger partial charge in [-0.1, -0.05) is 41.7 Å². The summed E-state index contributed by atoms with van der Waals surface area (Å²) in [5.74, 6) is 0.0116. The molecule has 2 N–H and O–H groups in total. The second kappa shape index (κ2) is 10.5. The van der Waals surface area contributed by atoms with Crippen LogP contribution in [0.5, 0.6) is 5.75 Å². The van der Waals surface area contributed by atoms with Gasteiger partial charge in [0.1, 0.15) is 27.9 Å². The summed E-state index contributed by atoms with van der Waals surface area (Å²) in [7, 11) is 1.55. The number of ether oxygens (including phenoxy) is 1. The molecule has 0 aliphatic carbocycles. The lowest BCUT2D eigenvalue weighted by Crippen LogP contribution is -2.14. The lowest BCUT2D eigenvalue weighted by molar-refractivity contribution is -0.114. The van der Waals surface area contributed by atoms with Crippen molar-refractivity contribution in [2.45, 2.75) is 6.92 Å². The summed E-state index contributed by atoms with van der Waals surface area (Å²) in [6, 6.07) is 21.9. The van der Waals surface area contributed by atoms with Crippen LogP contribution in [0, 0.1) is 11.3 Å². The number of rotatable bonds is 6. The van der Waals surface area contributed by atoms with E-state index in [1.165, 1.54) is 24.5 Å². The third-order valence-electron chi connectivity index (χ3n) is 5.64. The van der Waals surface area contributed by atoms with Crippen LogP contribution >= 0.6 is 11.3 Å². The zero-order chi connectivity index (χ0) is 26.6. The molecule has 0 atom stereocenters. The first-order valence-corrected chi connectivity index (χ1v) is 12.3. The van der Waals surface area contributed by atoms with Gasteiger partial charge in [0, 0.05) is 35.5 Å². The number of pyridine rings is 2. The number of nitriles is 1. The minimum absolute atomic E-state index is 0.136. The van der Waals surface area contributed by atoms with Crippen molar-refractivity contribution in [2.24, 2.45) is 0 Å². The lowest BCUT2D eigenvalue weighted by Gasteiger charge is -2.12. The van der Waals surface area contributed by atoms with Gasteiger partial charge in [0.05, 0.1) is 18.4 Å². The fourth-order valence-electron chi connectivity index (χ4n) is 3.91. The number of para-hydroxylation sites is 1. The molecule has 10 heteroatoms. The van der Waals surface area contributed by atoms with Gasteiger partial charge in [-0.25, -0.2) is 15.0 Å². The molecule has 0 fully saturated rings. The maximum Gasteiger partial charge on any atom is 0.259 e. The molecule has 0 aliphatic rings. The molecule has 0 aliphatic heterocycles. The van der Waals surface area contributed by atoms with Crippen molar-refractivity contribution in [1.82, 2.24) is 15.0 Å². The maximum absolute atomic E-state index is 13.3. The molecule has 2 aromatic carbocycles. The number of hydrogen-bond acceptors (Lipinski definition) is 8. The zero-order valence-corrected chi connectivity index (χ0v) is 21.2. The predicted molar refractivity (Wildman–Crippen MR) is 146 cm³/mol. The average molecular weight is 521 g/mol. The Labute approximate surface area is 221 Å². The Morgan fingerprint density at radius 3 is 2.50 bits per heavy atom. The molecule has 0 bridgehead atoms. The van der Waals surface area contributed by atoms with Gasteiger partial charge < -0.3 is 10.1 Å². The predicted octanol–water partition coefficient (Wildman–Crippen LogP) is 5.51. The van der Waals surface area contributed by atoms with E-state index in [4.69, 9.17) is 9.72 Å². The Kier molecular flexibility index (Phi) is 6.76. The molecule has 2 amide bonds. The molecule has 3 heterocycles. The van der Waals surface area contributed by atoms with Gasteiger partial charge in [0.2, 0.25) is 5.91 Å². The Bertz CT molecular complexity index is 1720. The molecule has 5 rings (SSSR count). The van der Waals surface area contributed by atoms with Crippen molar-refractivity contribution < 1.29 is 14.3 Å². The molecule has 5 aromatic rings. The number of benzene rings is 2. The van der Waals surface area contributed by atoms with Gasteiger partial charge in [-0.2, -0.15) is 5.26 Å². The number of nitrogens with zero attached hydrogens (tertiary/aromatic N) is 4. The summed E-state index contributed by atoms with van der Waals surface area (Å²) in [6.07, 6.45) is 1.38. The first-order chi connectivity index (χ1) is 18.4. The van der Waals surface area contributed by atoms with Crippen LogP contribution in [0.3, 0.4) is 0 Å². The van der Waals surface area contributed by atoms with Gasteiger partial charge in [-0.05, 0) is 36.4 Å². The number of nitrogens with one attached hydrogen (secondary N) is 2. The van der Waals surface area contributed by atoms with E-state index >= 15 is 0 Å². The van der Waals surface area contributed by atoms with Crippen LogP contribution in [0.1, 0.15) is 23.0 Å². The van der Waals surface area contributed by atoms with Crippen molar-refractivity contribution in [1.29, 1.82) is 5.26 Å². The van der Waals surface area contributed by atoms with E-state index in [0.717, 1.165) is 11.3 Å². The number of carbonyl (C=O) groups is 2. The smallest absolute Gasteiger partial charge is 0.259 e. The highest BCUT2D eigenvalue weighted by Crippen LogP contribution is 2.34. The third-order valence-corrected chi connectivity index (χ3v) is 6.52. The summed E-state index contributed by atoms with van der Waals surface area (Å²) in [5.41, 5.74) is 4.62. The van der Waals surface area contributed by atoms with Gasteiger partial charge in [-0.3, -0.25) is 14.9 Å². The molecular formula is C28H20N6O3S. The Balaban J connectivity index is 1.43. The quantitative estimate of drug-likeness (QED) is 0.302. The summed E-state index contributed by atoms with van der Waals surface area (Å²) >= 11 is 1.25. The second-order valence-corrected chi connectivity index (χ2v) is 9.16. The molecule has 38 heavy (non-hydrogen) atoms. The second-order valence-electron chi connectivity index (χ2n) is 8.18. The average Bonchev–Trinajstić information content (AvgIpc) is 3.34. The van der Waals surface area contributed by atoms with Crippen LogP contribution in [0.15, 0.2) is 72.9 Å². The Morgan fingerprint density at radius 2 is 1.76 bits per heavy atom. The van der Waals surface area contributed by atoms with Crippen LogP contribution in [0.25, 0.3) is 32.7 Å². The van der Waals surface area contributed by atoms with Gasteiger partial charge in [0.15, 0.2) is 5.13 Å². The molecule has 186 valence electrons. The molecule has 0 saturated carbocycles. The number of hydrogen-bond donors (Lipinski definition) is 2. The zero-order valence-electron chi connectivity index (χ0n) is 20.4. The van der Waals surface area contributed by atoms with Crippen LogP contribution in [-0.4, -0.2) is 33.9 Å². The van der Waals surface area contributed by atoms with Gasteiger partial charge >= 0.3 is 0 Å². The van der Waals surface area contributed by atoms with E-state index in [9.17, 15) is 14.9 Å². The van der Waals surface area contributed by atoms with Gasteiger partial charge in [0.25, 0.3) is 5.91 Å². The summed E-state index contributed by atoms with van der Waals surface area (Å²) in [5, 5.41) is 15.3. The largest absolute Gasteiger partial charge is 0.496 e. The van der Waals surface area contributed by atoms with Gasteiger partial charge in [-0.15, -0.1) is 0 Å². The summed E-state index contributed by atoms with van der Waals surface area (Å²) < 4.78 is 5.47. The fourth-order valence-corrected chi connectivity index (χ4v) is 4.74. The van der Waals surface area contributed by atoms with Crippen molar-refractivity contribution in [3.05, 3.63) is 84.2 Å². The molecule has 9 nitrogen and oxygen atoms in total. The lowest BCUT2D eigenvalue weighted by atomic mass is 9.99. The normalized spacial score (nSPS) is 10.6. The monoisotopic (exact) mass is 520 g/mol. The van der Waals surface area contributed by atoms with E-state index in [2.05, 4.69) is 20.6 Å². The highest BCUT2D eigenvalue weighted by molar-refractivity contribution is 7.22. The number of fused-ring (bicyclic) bond motifs is 1. The molecule has 0 spiro atoms. The SMILES string of the molecule is COc1ccccc1-c1cc(C#N)ncc1C(=O)Nc1nc2ccc(-c3ccc(NC(C)=O)cc3)nc2s1. The van der Waals surface area contributed by atoms with Crippen molar-refractivity contribution in [3.63, 3.8) is 0 Å². The van der Waals surface area contributed by atoms with Crippen molar-refractivity contribution >= 4 is 44.3 Å². The highest BCUT2D eigenvalue weighted by atomic mass is 32.1. The minimum Gasteiger partial charge on any atom is -0.496 e. The van der Waals surface area contributed by atoms with Crippen molar-refractivity contribution in [2.75, 3.05) is 17.7 Å². The number of methoxy groups -OCH3 is 1. The Hall–Kier alpha value is -5.14. The highest BCUT2D eigenvalue weighted by Gasteiger charge is 2.19. The maximum atomic E-state index is 13.3. The standard InChI is InChI=1S/C28H20N6O3S/c1-16(35)31-18-9-7-17(8-10-18)23-11-12-24-27(32-23)38-28(33-24)34-26(36)22-15-30-19(14-29)13-21(22)20-5-3-4-6-25(20)37-2/h3-13,15H,1-2H3,(H,31,35)(H,33,34,36). The molecule has 0 unspecified atom stereocenters. The van der Waals surface area contributed by atoms with Crippen LogP contribution in [-0.2, 0) is 4.79 Å². The number of thiazole rings is 1. The van der Waals surface area contributed by atoms with E-state index in [1.54, 1.807) is 19.2 Å². The number of amides is 2. The Morgan fingerprint density at radius 1 is 0.974 bits per heavy atom. The summed E-state index contributed by atoms with van der Waals surface area (Å²) in [6.45, 7) is 1.46. The topological polar surface area (TPSA) is 130 Å². The van der Waals surface area contributed by atoms with E-state index in [1.807, 2.05) is 60.7 Å². The molecular weight excluding hydrogens is 500 g/mol. The van der Waals surface area contributed by atoms with Crippen molar-refractivity contribution in [3.8, 4) is 34.2 Å². The van der Waals surface area contributed by atoms with E-state index < -0.39 is 5.91 Å². The van der Waals surface area contributed by atoms with Crippen LogP contribution < -0.4 is 15.4 Å². The molecule has 0 radical (unpaired) electrons. The minimum atomic E-state index is -0.421. The van der Waals surface area contributed by atoms with Crippen LogP contribution in [0.4, 0.5) is 10.8 Å². The van der Waals surface area contributed by atoms with E-state index in [-0.39, 0.29) is 17.2 Å². The number of anilines is 2. The number of aromatic nitrogens is 3. The molecule has 0 saturated heterocycles. The number of carbonyl (C=O) groups excluding carboxylic acids is 2. The first kappa shape index (κ1) is 24.5. The van der Waals surface area contributed by atoms with Crippen LogP contribution in [0.2, 0.25) is 0 Å². The van der Waals surface area contributed by atoms with E-state index in [0.29, 0.717) is 38.0 Å². The molecule has 3 aromatic heterocycles. The fraction of sp³-hybridized carbons (Fsp3) is 0.0714.